The van der Waals surface area contributed by atoms with E-state index in [-0.39, 0.29) is 5.91 Å². The molecular weight excluding hydrogens is 374 g/mol. The molecule has 30 heavy (non-hydrogen) atoms. The maximum atomic E-state index is 12.8. The van der Waals surface area contributed by atoms with Gasteiger partial charge in [0.1, 0.15) is 18.1 Å². The zero-order chi connectivity index (χ0) is 21.7. The summed E-state index contributed by atoms with van der Waals surface area (Å²) in [5.41, 5.74) is 6.72. The van der Waals surface area contributed by atoms with Gasteiger partial charge in [-0.05, 0) is 99.3 Å². The minimum Gasteiger partial charge on any atom is -0.493 e. The second kappa shape index (κ2) is 9.49. The van der Waals surface area contributed by atoms with E-state index < -0.39 is 0 Å². The van der Waals surface area contributed by atoms with Crippen molar-refractivity contribution in [1.82, 2.24) is 0 Å². The normalized spacial score (nSPS) is 10.6. The number of benzene rings is 3. The van der Waals surface area contributed by atoms with Crippen molar-refractivity contribution in [3.8, 4) is 11.5 Å². The quantitative estimate of drug-likeness (QED) is 0.515. The summed E-state index contributed by atoms with van der Waals surface area (Å²) in [6, 6.07) is 17.6. The molecule has 0 bridgehead atoms. The molecule has 4 nitrogen and oxygen atoms in total. The molecule has 0 aliphatic rings. The van der Waals surface area contributed by atoms with Crippen LogP contribution in [0, 0.1) is 27.7 Å². The number of aryl methyl sites for hydroxylation is 4. The van der Waals surface area contributed by atoms with E-state index in [9.17, 15) is 4.79 Å². The van der Waals surface area contributed by atoms with Crippen LogP contribution in [0.15, 0.2) is 54.6 Å². The van der Waals surface area contributed by atoms with E-state index in [1.54, 1.807) is 6.07 Å². The summed E-state index contributed by atoms with van der Waals surface area (Å²) in [7, 11) is 0. The molecule has 0 atom stereocenters. The Morgan fingerprint density at radius 2 is 1.40 bits per heavy atom. The van der Waals surface area contributed by atoms with Crippen LogP contribution in [0.4, 0.5) is 5.69 Å². The number of hydrogen-bond acceptors (Lipinski definition) is 3. The van der Waals surface area contributed by atoms with Gasteiger partial charge in [0.05, 0.1) is 6.61 Å². The highest BCUT2D eigenvalue weighted by atomic mass is 16.5. The second-order valence-corrected chi connectivity index (χ2v) is 7.70. The van der Waals surface area contributed by atoms with Gasteiger partial charge in [-0.3, -0.25) is 4.79 Å². The standard InChI is InChI=1S/C26H29NO3/c1-6-29-25-8-7-21(26(28)27-23-11-17(2)9-18(3)12-23)15-22(25)16-30-24-13-19(4)10-20(5)14-24/h7-15H,6,16H2,1-5H3,(H,27,28). The lowest BCUT2D eigenvalue weighted by Gasteiger charge is -2.14. The van der Waals surface area contributed by atoms with E-state index in [2.05, 4.69) is 17.4 Å². The summed E-state index contributed by atoms with van der Waals surface area (Å²) in [5.74, 6) is 1.38. The minimum absolute atomic E-state index is 0.157. The van der Waals surface area contributed by atoms with Gasteiger partial charge in [-0.15, -0.1) is 0 Å². The highest BCUT2D eigenvalue weighted by Gasteiger charge is 2.12. The molecular formula is C26H29NO3. The van der Waals surface area contributed by atoms with Crippen molar-refractivity contribution < 1.29 is 14.3 Å². The fourth-order valence-electron chi connectivity index (χ4n) is 3.56. The largest absolute Gasteiger partial charge is 0.493 e. The molecule has 0 saturated carbocycles. The number of ether oxygens (including phenoxy) is 2. The predicted molar refractivity (Wildman–Crippen MR) is 122 cm³/mol. The number of anilines is 1. The van der Waals surface area contributed by atoms with Crippen LogP contribution >= 0.6 is 0 Å². The average molecular weight is 404 g/mol. The van der Waals surface area contributed by atoms with Crippen LogP contribution < -0.4 is 14.8 Å². The Hall–Kier alpha value is -3.27. The van der Waals surface area contributed by atoms with Gasteiger partial charge < -0.3 is 14.8 Å². The first-order chi connectivity index (χ1) is 14.3. The lowest BCUT2D eigenvalue weighted by Crippen LogP contribution is -2.13. The smallest absolute Gasteiger partial charge is 0.255 e. The van der Waals surface area contributed by atoms with Crippen LogP contribution in [0.5, 0.6) is 11.5 Å². The molecule has 1 N–H and O–H groups in total. The highest BCUT2D eigenvalue weighted by molar-refractivity contribution is 6.04. The molecule has 3 aromatic carbocycles. The molecule has 3 aromatic rings. The van der Waals surface area contributed by atoms with Crippen molar-refractivity contribution >= 4 is 11.6 Å². The lowest BCUT2D eigenvalue weighted by atomic mass is 10.1. The Morgan fingerprint density at radius 1 is 0.800 bits per heavy atom. The van der Waals surface area contributed by atoms with Gasteiger partial charge in [-0.1, -0.05) is 12.1 Å². The Kier molecular flexibility index (Phi) is 6.78. The zero-order valence-corrected chi connectivity index (χ0v) is 18.3. The van der Waals surface area contributed by atoms with Crippen molar-refractivity contribution in [2.24, 2.45) is 0 Å². The molecule has 0 heterocycles. The van der Waals surface area contributed by atoms with Crippen molar-refractivity contribution in [1.29, 1.82) is 0 Å². The molecule has 1 amide bonds. The topological polar surface area (TPSA) is 47.6 Å². The number of hydrogen-bond donors (Lipinski definition) is 1. The molecule has 0 unspecified atom stereocenters. The van der Waals surface area contributed by atoms with Gasteiger partial charge >= 0.3 is 0 Å². The Balaban J connectivity index is 1.81. The Bertz CT molecular complexity index is 1020. The van der Waals surface area contributed by atoms with E-state index in [1.807, 2.05) is 71.0 Å². The molecule has 0 aliphatic heterocycles. The van der Waals surface area contributed by atoms with Crippen LogP contribution in [0.3, 0.4) is 0 Å². The molecule has 156 valence electrons. The lowest BCUT2D eigenvalue weighted by molar-refractivity contribution is 0.102. The van der Waals surface area contributed by atoms with Crippen LogP contribution in [-0.2, 0) is 6.61 Å². The summed E-state index contributed by atoms with van der Waals surface area (Å²) in [5, 5.41) is 2.99. The molecule has 4 heteroatoms. The maximum Gasteiger partial charge on any atom is 0.255 e. The van der Waals surface area contributed by atoms with Crippen molar-refractivity contribution in [2.45, 2.75) is 41.2 Å². The first kappa shape index (κ1) is 21.4. The van der Waals surface area contributed by atoms with Gasteiger partial charge in [0.15, 0.2) is 0 Å². The van der Waals surface area contributed by atoms with E-state index >= 15 is 0 Å². The number of amides is 1. The summed E-state index contributed by atoms with van der Waals surface area (Å²) < 4.78 is 11.8. The van der Waals surface area contributed by atoms with Crippen LogP contribution in [0.1, 0.15) is 45.1 Å². The number of carbonyl (C=O) groups excluding carboxylic acids is 1. The Labute approximate surface area is 178 Å². The summed E-state index contributed by atoms with van der Waals surface area (Å²) in [6.07, 6.45) is 0. The van der Waals surface area contributed by atoms with E-state index in [1.165, 1.54) is 0 Å². The van der Waals surface area contributed by atoms with Crippen molar-refractivity contribution in [3.05, 3.63) is 88.0 Å². The van der Waals surface area contributed by atoms with Crippen LogP contribution in [0.2, 0.25) is 0 Å². The van der Waals surface area contributed by atoms with Crippen LogP contribution in [0.25, 0.3) is 0 Å². The van der Waals surface area contributed by atoms with Crippen molar-refractivity contribution in [2.75, 3.05) is 11.9 Å². The maximum absolute atomic E-state index is 12.8. The zero-order valence-electron chi connectivity index (χ0n) is 18.3. The molecule has 0 aliphatic carbocycles. The fourth-order valence-corrected chi connectivity index (χ4v) is 3.56. The van der Waals surface area contributed by atoms with Gasteiger partial charge in [0.25, 0.3) is 5.91 Å². The highest BCUT2D eigenvalue weighted by Crippen LogP contribution is 2.25. The third kappa shape index (κ3) is 5.63. The van der Waals surface area contributed by atoms with Gasteiger partial charge in [-0.25, -0.2) is 0 Å². The number of carbonyl (C=O) groups is 1. The number of rotatable bonds is 7. The Morgan fingerprint density at radius 3 is 2.00 bits per heavy atom. The second-order valence-electron chi connectivity index (χ2n) is 7.70. The number of nitrogens with one attached hydrogen (secondary N) is 1. The molecule has 0 saturated heterocycles. The van der Waals surface area contributed by atoms with E-state index in [0.717, 1.165) is 45.0 Å². The fraction of sp³-hybridized carbons (Fsp3) is 0.269. The first-order valence-corrected chi connectivity index (χ1v) is 10.2. The van der Waals surface area contributed by atoms with E-state index in [0.29, 0.717) is 18.8 Å². The third-order valence-corrected chi connectivity index (χ3v) is 4.69. The van der Waals surface area contributed by atoms with Crippen LogP contribution in [-0.4, -0.2) is 12.5 Å². The predicted octanol–water partition coefficient (Wildman–Crippen LogP) is 6.15. The first-order valence-electron chi connectivity index (χ1n) is 10.2. The van der Waals surface area contributed by atoms with Gasteiger partial charge in [-0.2, -0.15) is 0 Å². The van der Waals surface area contributed by atoms with Gasteiger partial charge in [0, 0.05) is 16.8 Å². The van der Waals surface area contributed by atoms with Crippen molar-refractivity contribution in [3.63, 3.8) is 0 Å². The minimum atomic E-state index is -0.157. The third-order valence-electron chi connectivity index (χ3n) is 4.69. The van der Waals surface area contributed by atoms with E-state index in [4.69, 9.17) is 9.47 Å². The molecule has 0 aromatic heterocycles. The molecule has 0 fully saturated rings. The molecule has 0 spiro atoms. The summed E-state index contributed by atoms with van der Waals surface area (Å²) in [4.78, 5) is 12.8. The summed E-state index contributed by atoms with van der Waals surface area (Å²) >= 11 is 0. The molecule has 0 radical (unpaired) electrons. The summed E-state index contributed by atoms with van der Waals surface area (Å²) in [6.45, 7) is 10.9. The average Bonchev–Trinajstić information content (AvgIpc) is 2.65. The molecule has 3 rings (SSSR count). The van der Waals surface area contributed by atoms with Gasteiger partial charge in [0.2, 0.25) is 0 Å². The SMILES string of the molecule is CCOc1ccc(C(=O)Nc2cc(C)cc(C)c2)cc1COc1cc(C)cc(C)c1. The monoisotopic (exact) mass is 403 g/mol.